The van der Waals surface area contributed by atoms with E-state index in [4.69, 9.17) is 5.73 Å². The predicted octanol–water partition coefficient (Wildman–Crippen LogP) is 1.65. The van der Waals surface area contributed by atoms with Crippen LogP contribution in [-0.4, -0.2) is 20.5 Å². The predicted molar refractivity (Wildman–Crippen MR) is 66.9 cm³/mol. The zero-order valence-electron chi connectivity index (χ0n) is 10.6. The average Bonchev–Trinajstić information content (AvgIpc) is 2.30. The third-order valence-corrected chi connectivity index (χ3v) is 4.90. The Morgan fingerprint density at radius 2 is 1.55 bits per heavy atom. The molecule has 1 aliphatic carbocycles. The molecule has 0 aliphatic heterocycles. The molecule has 112 valence electrons. The van der Waals surface area contributed by atoms with Crippen LogP contribution in [0.25, 0.3) is 0 Å². The minimum Gasteiger partial charge on any atom is -0.328 e. The number of hydrogen-bond acceptors (Lipinski definition) is 3. The lowest BCUT2D eigenvalue weighted by atomic mass is 9.93. The molecule has 0 amide bonds. The number of benzene rings is 1. The first-order valence-corrected chi connectivity index (χ1v) is 7.70. The van der Waals surface area contributed by atoms with Gasteiger partial charge in [-0.3, -0.25) is 0 Å². The summed E-state index contributed by atoms with van der Waals surface area (Å²) in [6.45, 7) is 0. The molecule has 0 radical (unpaired) electrons. The molecule has 20 heavy (non-hydrogen) atoms. The van der Waals surface area contributed by atoms with Gasteiger partial charge in [-0.05, 0) is 25.7 Å². The first-order valence-electron chi connectivity index (χ1n) is 6.22. The summed E-state index contributed by atoms with van der Waals surface area (Å²) in [5.41, 5.74) is 5.70. The number of halogens is 3. The number of sulfonamides is 1. The van der Waals surface area contributed by atoms with Gasteiger partial charge in [0.25, 0.3) is 0 Å². The summed E-state index contributed by atoms with van der Waals surface area (Å²) in [7, 11) is -4.36. The van der Waals surface area contributed by atoms with Gasteiger partial charge in [0.1, 0.15) is 17.5 Å². The maximum absolute atomic E-state index is 13.5. The van der Waals surface area contributed by atoms with Gasteiger partial charge in [0, 0.05) is 24.2 Å². The molecule has 0 aromatic heterocycles. The molecular formula is C12H15F3N2O2S. The summed E-state index contributed by atoms with van der Waals surface area (Å²) < 4.78 is 66.0. The summed E-state index contributed by atoms with van der Waals surface area (Å²) in [5, 5.41) is 0. The van der Waals surface area contributed by atoms with Crippen LogP contribution in [0.4, 0.5) is 13.2 Å². The van der Waals surface area contributed by atoms with E-state index < -0.39 is 38.4 Å². The van der Waals surface area contributed by atoms with Crippen molar-refractivity contribution in [1.29, 1.82) is 0 Å². The summed E-state index contributed by atoms with van der Waals surface area (Å²) >= 11 is 0. The van der Waals surface area contributed by atoms with Crippen LogP contribution >= 0.6 is 0 Å². The summed E-state index contributed by atoms with van der Waals surface area (Å²) in [4.78, 5) is -1.14. The lowest BCUT2D eigenvalue weighted by Crippen LogP contribution is -2.40. The van der Waals surface area contributed by atoms with Gasteiger partial charge in [0.05, 0.1) is 0 Å². The van der Waals surface area contributed by atoms with Gasteiger partial charge < -0.3 is 5.73 Å². The maximum Gasteiger partial charge on any atom is 0.246 e. The highest BCUT2D eigenvalue weighted by molar-refractivity contribution is 7.89. The quantitative estimate of drug-likeness (QED) is 0.892. The van der Waals surface area contributed by atoms with Crippen LogP contribution in [-0.2, 0) is 10.0 Å². The van der Waals surface area contributed by atoms with Gasteiger partial charge in [-0.25, -0.2) is 26.3 Å². The molecule has 0 spiro atoms. The van der Waals surface area contributed by atoms with Crippen molar-refractivity contribution in [3.05, 3.63) is 29.6 Å². The zero-order valence-corrected chi connectivity index (χ0v) is 11.4. The zero-order chi connectivity index (χ0) is 14.9. The number of hydrogen-bond donors (Lipinski definition) is 2. The van der Waals surface area contributed by atoms with E-state index in [1.807, 2.05) is 0 Å². The normalized spacial score (nSPS) is 23.8. The van der Waals surface area contributed by atoms with E-state index in [1.165, 1.54) is 0 Å². The largest absolute Gasteiger partial charge is 0.328 e. The van der Waals surface area contributed by atoms with Crippen molar-refractivity contribution < 1.29 is 21.6 Å². The topological polar surface area (TPSA) is 72.2 Å². The molecule has 0 saturated heterocycles. The SMILES string of the molecule is NC1CCC(NS(=O)(=O)c2c(F)cc(F)cc2F)CC1. The number of nitrogens with two attached hydrogens (primary N) is 1. The van der Waals surface area contributed by atoms with Crippen LogP contribution < -0.4 is 10.5 Å². The molecule has 0 bridgehead atoms. The van der Waals surface area contributed by atoms with Gasteiger partial charge in [-0.2, -0.15) is 0 Å². The number of nitrogens with one attached hydrogen (secondary N) is 1. The van der Waals surface area contributed by atoms with Crippen LogP contribution in [0.1, 0.15) is 25.7 Å². The molecule has 8 heteroatoms. The first kappa shape index (κ1) is 15.3. The van der Waals surface area contributed by atoms with Crippen LogP contribution in [0, 0.1) is 17.5 Å². The van der Waals surface area contributed by atoms with E-state index in [9.17, 15) is 21.6 Å². The van der Waals surface area contributed by atoms with Gasteiger partial charge in [0.2, 0.25) is 10.0 Å². The molecule has 1 aromatic rings. The first-order chi connectivity index (χ1) is 9.29. The minimum atomic E-state index is -4.36. The Hall–Kier alpha value is -1.12. The van der Waals surface area contributed by atoms with Gasteiger partial charge in [-0.15, -0.1) is 0 Å². The smallest absolute Gasteiger partial charge is 0.246 e. The van der Waals surface area contributed by atoms with E-state index in [0.29, 0.717) is 37.8 Å². The van der Waals surface area contributed by atoms with Crippen LogP contribution in [0.15, 0.2) is 17.0 Å². The molecule has 3 N–H and O–H groups in total. The van der Waals surface area contributed by atoms with Crippen molar-refractivity contribution in [2.45, 2.75) is 42.7 Å². The van der Waals surface area contributed by atoms with Crippen molar-refractivity contribution in [2.75, 3.05) is 0 Å². The maximum atomic E-state index is 13.5. The molecule has 0 atom stereocenters. The minimum absolute atomic E-state index is 0.0232. The Balaban J connectivity index is 2.23. The number of rotatable bonds is 3. The van der Waals surface area contributed by atoms with Crippen LogP contribution in [0.2, 0.25) is 0 Å². The Morgan fingerprint density at radius 3 is 2.05 bits per heavy atom. The summed E-state index contributed by atoms with van der Waals surface area (Å²) in [5.74, 6) is -4.05. The fourth-order valence-corrected chi connectivity index (χ4v) is 3.72. The van der Waals surface area contributed by atoms with Crippen molar-refractivity contribution in [2.24, 2.45) is 5.73 Å². The molecule has 1 fully saturated rings. The fourth-order valence-electron chi connectivity index (χ4n) is 2.30. The highest BCUT2D eigenvalue weighted by Gasteiger charge is 2.29. The van der Waals surface area contributed by atoms with E-state index in [1.54, 1.807) is 0 Å². The van der Waals surface area contributed by atoms with Gasteiger partial charge in [0.15, 0.2) is 4.90 Å². The van der Waals surface area contributed by atoms with Gasteiger partial charge in [-0.1, -0.05) is 0 Å². The molecule has 1 aromatic carbocycles. The van der Waals surface area contributed by atoms with E-state index in [2.05, 4.69) is 4.72 Å². The molecule has 2 rings (SSSR count). The third kappa shape index (κ3) is 3.31. The van der Waals surface area contributed by atoms with Crippen LogP contribution in [0.5, 0.6) is 0 Å². The summed E-state index contributed by atoms with van der Waals surface area (Å²) in [6, 6.07) is 0.293. The Morgan fingerprint density at radius 1 is 1.05 bits per heavy atom. The second kappa shape index (κ2) is 5.71. The summed E-state index contributed by atoms with van der Waals surface area (Å²) in [6.07, 6.45) is 2.29. The Labute approximate surface area is 115 Å². The third-order valence-electron chi connectivity index (χ3n) is 3.33. The lowest BCUT2D eigenvalue weighted by Gasteiger charge is -2.26. The molecule has 4 nitrogen and oxygen atoms in total. The molecule has 0 unspecified atom stereocenters. The highest BCUT2D eigenvalue weighted by atomic mass is 32.2. The van der Waals surface area contributed by atoms with E-state index in [0.717, 1.165) is 0 Å². The monoisotopic (exact) mass is 308 g/mol. The second-order valence-corrected chi connectivity index (χ2v) is 6.58. The molecule has 0 heterocycles. The highest BCUT2D eigenvalue weighted by Crippen LogP contribution is 2.23. The Bertz CT molecular complexity index is 576. The fraction of sp³-hybridized carbons (Fsp3) is 0.500. The van der Waals surface area contributed by atoms with Crippen molar-refractivity contribution >= 4 is 10.0 Å². The van der Waals surface area contributed by atoms with Crippen LogP contribution in [0.3, 0.4) is 0 Å². The van der Waals surface area contributed by atoms with Crippen molar-refractivity contribution in [3.8, 4) is 0 Å². The average molecular weight is 308 g/mol. The lowest BCUT2D eigenvalue weighted by molar-refractivity contribution is 0.372. The Kier molecular flexibility index (Phi) is 4.36. The van der Waals surface area contributed by atoms with E-state index >= 15 is 0 Å². The van der Waals surface area contributed by atoms with E-state index in [-0.39, 0.29) is 6.04 Å². The van der Waals surface area contributed by atoms with Crippen molar-refractivity contribution in [1.82, 2.24) is 4.72 Å². The molecular weight excluding hydrogens is 293 g/mol. The standard InChI is InChI=1S/C12H15F3N2O2S/c13-7-5-10(14)12(11(15)6-7)20(18,19)17-9-3-1-8(16)2-4-9/h5-6,8-9,17H,1-4,16H2. The second-order valence-electron chi connectivity index (χ2n) is 4.93. The molecule has 1 saturated carbocycles. The van der Waals surface area contributed by atoms with Crippen molar-refractivity contribution in [3.63, 3.8) is 0 Å². The van der Waals surface area contributed by atoms with Gasteiger partial charge >= 0.3 is 0 Å². The molecule has 1 aliphatic rings.